The number of anilines is 1. The number of likely N-dealkylation sites (tertiary alicyclic amines) is 1. The number of carbonyl (C=O) groups excluding carboxylic acids is 1. The fourth-order valence-electron chi connectivity index (χ4n) is 3.74. The molecule has 1 heterocycles. The van der Waals surface area contributed by atoms with Crippen LogP contribution in [0.1, 0.15) is 24.8 Å². The molecule has 8 heteroatoms. The van der Waals surface area contributed by atoms with Gasteiger partial charge in [-0.25, -0.2) is 4.39 Å². The molecule has 1 unspecified atom stereocenters. The van der Waals surface area contributed by atoms with E-state index in [0.717, 1.165) is 54.6 Å². The van der Waals surface area contributed by atoms with Crippen LogP contribution >= 0.6 is 0 Å². The standard InChI is InChI=1S/C21H22F4N2O2/c1-26-11-2-3-17(26)10-12-27(20(28)29)19-9-6-15(21(23,24)25)13-18(19)14-4-7-16(22)8-5-14/h4-9,13,17H,2-3,10-12H2,1H3,(H,28,29)/p-1. The van der Waals surface area contributed by atoms with Gasteiger partial charge in [0.25, 0.3) is 0 Å². The Morgan fingerprint density at radius 3 is 2.45 bits per heavy atom. The van der Waals surface area contributed by atoms with Crippen LogP contribution < -0.4 is 10.0 Å². The van der Waals surface area contributed by atoms with Crippen LogP contribution in [0.5, 0.6) is 0 Å². The molecule has 2 aromatic rings. The van der Waals surface area contributed by atoms with E-state index in [1.165, 1.54) is 12.1 Å². The van der Waals surface area contributed by atoms with Gasteiger partial charge in [0.05, 0.1) is 5.56 Å². The highest BCUT2D eigenvalue weighted by molar-refractivity contribution is 5.92. The summed E-state index contributed by atoms with van der Waals surface area (Å²) in [4.78, 5) is 14.9. The highest BCUT2D eigenvalue weighted by Crippen LogP contribution is 2.38. The molecule has 3 rings (SSSR count). The smallest absolute Gasteiger partial charge is 0.416 e. The first-order valence-electron chi connectivity index (χ1n) is 9.33. The largest absolute Gasteiger partial charge is 0.530 e. The molecule has 0 N–H and O–H groups in total. The summed E-state index contributed by atoms with van der Waals surface area (Å²) in [5.41, 5.74) is -0.472. The minimum atomic E-state index is -4.59. The first-order chi connectivity index (χ1) is 13.7. The van der Waals surface area contributed by atoms with E-state index >= 15 is 0 Å². The molecule has 1 saturated heterocycles. The normalized spacial score (nSPS) is 17.5. The third-order valence-electron chi connectivity index (χ3n) is 5.35. The monoisotopic (exact) mass is 409 g/mol. The Labute approximate surface area is 166 Å². The number of halogens is 4. The zero-order valence-corrected chi connectivity index (χ0v) is 15.9. The van der Waals surface area contributed by atoms with Crippen LogP contribution in [0.4, 0.5) is 28.0 Å². The number of nitrogens with zero attached hydrogens (tertiary/aromatic N) is 2. The predicted molar refractivity (Wildman–Crippen MR) is 99.8 cm³/mol. The quantitative estimate of drug-likeness (QED) is 0.698. The van der Waals surface area contributed by atoms with Gasteiger partial charge in [-0.2, -0.15) is 13.2 Å². The van der Waals surface area contributed by atoms with Gasteiger partial charge in [-0.3, -0.25) is 0 Å². The van der Waals surface area contributed by atoms with Crippen molar-refractivity contribution >= 4 is 11.8 Å². The van der Waals surface area contributed by atoms with Crippen molar-refractivity contribution in [1.29, 1.82) is 0 Å². The van der Waals surface area contributed by atoms with Crippen LogP contribution in [0.3, 0.4) is 0 Å². The maximum Gasteiger partial charge on any atom is 0.416 e. The summed E-state index contributed by atoms with van der Waals surface area (Å²) in [7, 11) is 1.96. The van der Waals surface area contributed by atoms with Crippen LogP contribution in [0.15, 0.2) is 42.5 Å². The Kier molecular flexibility index (Phi) is 6.12. The number of hydrogen-bond donors (Lipinski definition) is 0. The summed E-state index contributed by atoms with van der Waals surface area (Å²) in [6, 6.07) is 7.97. The summed E-state index contributed by atoms with van der Waals surface area (Å²) < 4.78 is 53.0. The summed E-state index contributed by atoms with van der Waals surface area (Å²) in [5.74, 6) is -0.539. The van der Waals surface area contributed by atoms with E-state index in [2.05, 4.69) is 4.90 Å². The van der Waals surface area contributed by atoms with Crippen molar-refractivity contribution in [2.45, 2.75) is 31.5 Å². The molecular formula is C21H21F4N2O2-. The van der Waals surface area contributed by atoms with Crippen LogP contribution in [-0.2, 0) is 6.18 Å². The van der Waals surface area contributed by atoms with Gasteiger partial charge >= 0.3 is 6.18 Å². The molecule has 1 amide bonds. The number of amides is 1. The number of alkyl halides is 3. The van der Waals surface area contributed by atoms with Gasteiger partial charge in [-0.05, 0) is 68.8 Å². The van der Waals surface area contributed by atoms with E-state index in [1.54, 1.807) is 0 Å². The van der Waals surface area contributed by atoms with Crippen LogP contribution in [0.25, 0.3) is 11.1 Å². The van der Waals surface area contributed by atoms with Gasteiger partial charge < -0.3 is 19.7 Å². The first-order valence-corrected chi connectivity index (χ1v) is 9.33. The van der Waals surface area contributed by atoms with E-state index in [1.807, 2.05) is 7.05 Å². The molecule has 0 saturated carbocycles. The van der Waals surface area contributed by atoms with Gasteiger partial charge in [0.1, 0.15) is 11.9 Å². The molecule has 1 aliphatic rings. The van der Waals surface area contributed by atoms with Crippen molar-refractivity contribution in [2.75, 3.05) is 25.0 Å². The zero-order chi connectivity index (χ0) is 21.2. The number of carbonyl (C=O) groups is 1. The van der Waals surface area contributed by atoms with Gasteiger partial charge in [0.2, 0.25) is 0 Å². The second-order valence-corrected chi connectivity index (χ2v) is 7.22. The Morgan fingerprint density at radius 2 is 1.90 bits per heavy atom. The summed E-state index contributed by atoms with van der Waals surface area (Å²) in [6.07, 6.45) is -3.59. The predicted octanol–water partition coefficient (Wildman–Crippen LogP) is 4.15. The van der Waals surface area contributed by atoms with Crippen molar-refractivity contribution in [3.63, 3.8) is 0 Å². The second kappa shape index (κ2) is 8.41. The maximum atomic E-state index is 13.3. The topological polar surface area (TPSA) is 46.6 Å². The second-order valence-electron chi connectivity index (χ2n) is 7.22. The molecule has 4 nitrogen and oxygen atoms in total. The SMILES string of the molecule is CN1CCCC1CCN(C(=O)[O-])c1ccc(C(F)(F)F)cc1-c1ccc(F)cc1. The van der Waals surface area contributed by atoms with E-state index in [9.17, 15) is 27.5 Å². The Morgan fingerprint density at radius 1 is 1.21 bits per heavy atom. The molecule has 156 valence electrons. The van der Waals surface area contributed by atoms with Gasteiger partial charge in [-0.1, -0.05) is 12.1 Å². The minimum absolute atomic E-state index is 0.0591. The third kappa shape index (κ3) is 4.87. The maximum absolute atomic E-state index is 13.3. The Bertz CT molecular complexity index is 868. The molecule has 0 aromatic heterocycles. The fourth-order valence-corrected chi connectivity index (χ4v) is 3.74. The molecule has 0 aliphatic carbocycles. The van der Waals surface area contributed by atoms with Crippen LogP contribution in [0.2, 0.25) is 0 Å². The molecule has 1 fully saturated rings. The summed E-state index contributed by atoms with van der Waals surface area (Å²) >= 11 is 0. The molecule has 0 radical (unpaired) electrons. The molecule has 0 spiro atoms. The lowest BCUT2D eigenvalue weighted by atomic mass is 9.99. The summed E-state index contributed by atoms with van der Waals surface area (Å²) in [6.45, 7) is 1.02. The van der Waals surface area contributed by atoms with E-state index in [-0.39, 0.29) is 29.4 Å². The van der Waals surface area contributed by atoms with Gasteiger partial charge in [-0.15, -0.1) is 0 Å². The van der Waals surface area contributed by atoms with Gasteiger partial charge in [0, 0.05) is 23.8 Å². The molecule has 29 heavy (non-hydrogen) atoms. The van der Waals surface area contributed by atoms with Gasteiger partial charge in [0.15, 0.2) is 0 Å². The van der Waals surface area contributed by atoms with Crippen molar-refractivity contribution in [2.24, 2.45) is 0 Å². The highest BCUT2D eigenvalue weighted by atomic mass is 19.4. The van der Waals surface area contributed by atoms with Crippen LogP contribution in [0, 0.1) is 5.82 Å². The van der Waals surface area contributed by atoms with E-state index in [4.69, 9.17) is 0 Å². The van der Waals surface area contributed by atoms with Crippen molar-refractivity contribution in [3.05, 3.63) is 53.8 Å². The number of benzene rings is 2. The first kappa shape index (κ1) is 21.1. The number of hydrogen-bond acceptors (Lipinski definition) is 3. The van der Waals surface area contributed by atoms with Crippen molar-refractivity contribution in [1.82, 2.24) is 4.90 Å². The number of carboxylic acid groups (broad SMARTS) is 1. The Balaban J connectivity index is 2.00. The molecular weight excluding hydrogens is 388 g/mol. The van der Waals surface area contributed by atoms with E-state index < -0.39 is 23.7 Å². The zero-order valence-electron chi connectivity index (χ0n) is 15.9. The lowest BCUT2D eigenvalue weighted by Crippen LogP contribution is -2.43. The minimum Gasteiger partial charge on any atom is -0.530 e. The Hall–Kier alpha value is -2.61. The molecule has 1 aliphatic heterocycles. The lowest BCUT2D eigenvalue weighted by molar-refractivity contribution is -0.246. The van der Waals surface area contributed by atoms with Crippen molar-refractivity contribution < 1.29 is 27.5 Å². The molecule has 0 bridgehead atoms. The summed E-state index contributed by atoms with van der Waals surface area (Å²) in [5, 5.41) is 11.8. The molecule has 2 aromatic carbocycles. The lowest BCUT2D eigenvalue weighted by Gasteiger charge is -2.30. The highest BCUT2D eigenvalue weighted by Gasteiger charge is 2.32. The van der Waals surface area contributed by atoms with Crippen LogP contribution in [-0.4, -0.2) is 37.2 Å². The fraction of sp³-hybridized carbons (Fsp3) is 0.381. The average Bonchev–Trinajstić information content (AvgIpc) is 3.06. The number of rotatable bonds is 5. The molecule has 1 atom stereocenters. The average molecular weight is 409 g/mol. The van der Waals surface area contributed by atoms with E-state index in [0.29, 0.717) is 6.42 Å². The van der Waals surface area contributed by atoms with Crippen molar-refractivity contribution in [3.8, 4) is 11.1 Å². The third-order valence-corrected chi connectivity index (χ3v) is 5.35.